The molecule has 1 N–H and O–H groups in total. The summed E-state index contributed by atoms with van der Waals surface area (Å²) < 4.78 is 12.2. The third kappa shape index (κ3) is 6.78. The van der Waals surface area contributed by atoms with Crippen LogP contribution in [0, 0.1) is 14.9 Å². The molecule has 0 heterocycles. The van der Waals surface area contributed by atoms with Crippen molar-refractivity contribution >= 4 is 75.1 Å². The Kier molecular flexibility index (Phi) is 8.87. The molecule has 0 spiro atoms. The first-order chi connectivity index (χ1) is 15.8. The lowest BCUT2D eigenvalue weighted by Gasteiger charge is -2.14. The lowest BCUT2D eigenvalue weighted by Crippen LogP contribution is -2.13. The highest BCUT2D eigenvalue weighted by atomic mass is 127. The zero-order valence-corrected chi connectivity index (χ0v) is 21.6. The molecular formula is C24H16Cl3IN2O3. The van der Waals surface area contributed by atoms with E-state index in [1.54, 1.807) is 30.3 Å². The molecule has 9 heteroatoms. The van der Waals surface area contributed by atoms with E-state index < -0.39 is 5.91 Å². The van der Waals surface area contributed by atoms with Gasteiger partial charge >= 0.3 is 0 Å². The van der Waals surface area contributed by atoms with Gasteiger partial charge in [0.15, 0.2) is 11.5 Å². The zero-order valence-electron chi connectivity index (χ0n) is 17.2. The van der Waals surface area contributed by atoms with E-state index in [4.69, 9.17) is 44.3 Å². The Morgan fingerprint density at radius 2 is 1.91 bits per heavy atom. The van der Waals surface area contributed by atoms with Crippen molar-refractivity contribution in [3.05, 3.63) is 89.9 Å². The summed E-state index contributed by atoms with van der Waals surface area (Å²) in [5.41, 5.74) is 1.85. The van der Waals surface area contributed by atoms with Crippen LogP contribution < -0.4 is 14.8 Å². The van der Waals surface area contributed by atoms with Gasteiger partial charge in [-0.15, -0.1) is 0 Å². The fraction of sp³-hybridized carbons (Fsp3) is 0.0833. The average Bonchev–Trinajstić information content (AvgIpc) is 2.78. The Morgan fingerprint density at radius 3 is 2.58 bits per heavy atom. The van der Waals surface area contributed by atoms with Gasteiger partial charge in [0.2, 0.25) is 0 Å². The molecule has 0 saturated carbocycles. The molecule has 0 radical (unpaired) electrons. The molecule has 0 fully saturated rings. The number of nitriles is 1. The highest BCUT2D eigenvalue weighted by Gasteiger charge is 2.15. The van der Waals surface area contributed by atoms with Crippen molar-refractivity contribution < 1.29 is 14.3 Å². The predicted molar refractivity (Wildman–Crippen MR) is 140 cm³/mol. The van der Waals surface area contributed by atoms with Crippen LogP contribution in [-0.2, 0) is 11.4 Å². The SMILES string of the molecule is COc1cc(/C=C(\C#N)C(=O)Nc2ccc(Cl)c(Cl)c2)cc(I)c1OCc1cccc(Cl)c1. The molecule has 168 valence electrons. The third-order valence-electron chi connectivity index (χ3n) is 4.38. The Hall–Kier alpha value is -2.44. The van der Waals surface area contributed by atoms with Gasteiger partial charge < -0.3 is 14.8 Å². The molecule has 0 unspecified atom stereocenters. The highest BCUT2D eigenvalue weighted by Crippen LogP contribution is 2.35. The molecule has 0 aliphatic heterocycles. The minimum Gasteiger partial charge on any atom is -0.493 e. The molecule has 3 aromatic carbocycles. The lowest BCUT2D eigenvalue weighted by molar-refractivity contribution is -0.112. The molecule has 0 atom stereocenters. The number of rotatable bonds is 7. The third-order valence-corrected chi connectivity index (χ3v) is 6.15. The Bertz CT molecular complexity index is 1270. The summed E-state index contributed by atoms with van der Waals surface area (Å²) in [7, 11) is 1.52. The van der Waals surface area contributed by atoms with Crippen LogP contribution in [0.1, 0.15) is 11.1 Å². The van der Waals surface area contributed by atoms with Crippen LogP contribution in [0.5, 0.6) is 11.5 Å². The number of carbonyl (C=O) groups is 1. The quantitative estimate of drug-likeness (QED) is 0.172. The highest BCUT2D eigenvalue weighted by molar-refractivity contribution is 14.1. The predicted octanol–water partition coefficient (Wildman–Crippen LogP) is 7.38. The molecule has 0 saturated heterocycles. The lowest BCUT2D eigenvalue weighted by atomic mass is 10.1. The molecule has 0 aliphatic carbocycles. The smallest absolute Gasteiger partial charge is 0.266 e. The molecule has 3 rings (SSSR count). The van der Waals surface area contributed by atoms with E-state index in [0.29, 0.717) is 44.4 Å². The molecule has 0 aliphatic rings. The molecule has 0 bridgehead atoms. The number of hydrogen-bond acceptors (Lipinski definition) is 4. The van der Waals surface area contributed by atoms with Crippen LogP contribution >= 0.6 is 57.4 Å². The molecule has 0 aromatic heterocycles. The van der Waals surface area contributed by atoms with E-state index in [1.807, 2.05) is 24.3 Å². The van der Waals surface area contributed by atoms with Crippen molar-refractivity contribution in [2.45, 2.75) is 6.61 Å². The second-order valence-corrected chi connectivity index (χ2v) is 9.12. The number of ether oxygens (including phenoxy) is 2. The maximum Gasteiger partial charge on any atom is 0.266 e. The monoisotopic (exact) mass is 612 g/mol. The van der Waals surface area contributed by atoms with Gasteiger partial charge in [-0.1, -0.05) is 46.9 Å². The summed E-state index contributed by atoms with van der Waals surface area (Å²) in [5, 5.41) is 13.4. The number of carbonyl (C=O) groups excluding carboxylic acids is 1. The van der Waals surface area contributed by atoms with Crippen LogP contribution in [-0.4, -0.2) is 13.0 Å². The van der Waals surface area contributed by atoms with Gasteiger partial charge in [0, 0.05) is 10.7 Å². The Balaban J connectivity index is 1.82. The molecule has 33 heavy (non-hydrogen) atoms. The van der Waals surface area contributed by atoms with Gasteiger partial charge in [-0.2, -0.15) is 5.26 Å². The van der Waals surface area contributed by atoms with Crippen molar-refractivity contribution in [3.8, 4) is 17.6 Å². The van der Waals surface area contributed by atoms with E-state index in [1.165, 1.54) is 19.3 Å². The number of anilines is 1. The van der Waals surface area contributed by atoms with Crippen LogP contribution in [0.15, 0.2) is 60.2 Å². The van der Waals surface area contributed by atoms with E-state index >= 15 is 0 Å². The summed E-state index contributed by atoms with van der Waals surface area (Å²) in [6.45, 7) is 0.303. The van der Waals surface area contributed by atoms with Crippen LogP contribution in [0.2, 0.25) is 15.1 Å². The van der Waals surface area contributed by atoms with Crippen LogP contribution in [0.4, 0.5) is 5.69 Å². The van der Waals surface area contributed by atoms with Crippen LogP contribution in [0.25, 0.3) is 6.08 Å². The second-order valence-electron chi connectivity index (χ2n) is 6.71. The van der Waals surface area contributed by atoms with E-state index in [-0.39, 0.29) is 5.57 Å². The summed E-state index contributed by atoms with van der Waals surface area (Å²) in [6.07, 6.45) is 1.47. The van der Waals surface area contributed by atoms with Gasteiger partial charge in [-0.05, 0) is 82.3 Å². The first-order valence-electron chi connectivity index (χ1n) is 9.43. The normalized spacial score (nSPS) is 11.0. The van der Waals surface area contributed by atoms with Gasteiger partial charge in [0.1, 0.15) is 18.2 Å². The standard InChI is InChI=1S/C24H16Cl3IN2O3/c1-32-22-10-15(9-21(28)23(22)33-13-14-3-2-4-17(25)8-14)7-16(12-29)24(31)30-18-5-6-19(26)20(27)11-18/h2-11H,13H2,1H3,(H,30,31)/b16-7+. The molecular weight excluding hydrogens is 598 g/mol. The summed E-state index contributed by atoms with van der Waals surface area (Å²) in [6, 6.07) is 17.5. The zero-order chi connectivity index (χ0) is 24.0. The van der Waals surface area contributed by atoms with E-state index in [0.717, 1.165) is 9.13 Å². The van der Waals surface area contributed by atoms with Crippen molar-refractivity contribution in [2.24, 2.45) is 0 Å². The van der Waals surface area contributed by atoms with E-state index in [2.05, 4.69) is 27.9 Å². The maximum absolute atomic E-state index is 12.6. The topological polar surface area (TPSA) is 71.3 Å². The Morgan fingerprint density at radius 1 is 1.12 bits per heavy atom. The minimum atomic E-state index is -0.578. The van der Waals surface area contributed by atoms with Crippen molar-refractivity contribution in [3.63, 3.8) is 0 Å². The van der Waals surface area contributed by atoms with Gasteiger partial charge in [0.25, 0.3) is 5.91 Å². The number of hydrogen-bond donors (Lipinski definition) is 1. The number of nitrogens with zero attached hydrogens (tertiary/aromatic N) is 1. The fourth-order valence-electron chi connectivity index (χ4n) is 2.83. The number of methoxy groups -OCH3 is 1. The van der Waals surface area contributed by atoms with Crippen molar-refractivity contribution in [1.29, 1.82) is 5.26 Å². The van der Waals surface area contributed by atoms with Crippen LogP contribution in [0.3, 0.4) is 0 Å². The largest absolute Gasteiger partial charge is 0.493 e. The van der Waals surface area contributed by atoms with Gasteiger partial charge in [0.05, 0.1) is 20.7 Å². The maximum atomic E-state index is 12.6. The fourth-order valence-corrected chi connectivity index (χ4v) is 4.13. The van der Waals surface area contributed by atoms with Gasteiger partial charge in [-0.25, -0.2) is 0 Å². The Labute approximate surface area is 220 Å². The summed E-state index contributed by atoms with van der Waals surface area (Å²) >= 11 is 20.0. The van der Waals surface area contributed by atoms with E-state index in [9.17, 15) is 10.1 Å². The summed E-state index contributed by atoms with van der Waals surface area (Å²) in [4.78, 5) is 12.6. The molecule has 1 amide bonds. The number of halogens is 4. The number of amides is 1. The molecule has 5 nitrogen and oxygen atoms in total. The second kappa shape index (κ2) is 11.6. The molecule has 3 aromatic rings. The first kappa shape index (κ1) is 25.2. The minimum absolute atomic E-state index is 0.0912. The number of nitrogens with one attached hydrogen (secondary N) is 1. The van der Waals surface area contributed by atoms with Gasteiger partial charge in [-0.3, -0.25) is 4.79 Å². The number of benzene rings is 3. The van der Waals surface area contributed by atoms with Crippen molar-refractivity contribution in [1.82, 2.24) is 0 Å². The average molecular weight is 614 g/mol. The first-order valence-corrected chi connectivity index (χ1v) is 11.6. The van der Waals surface area contributed by atoms with Crippen molar-refractivity contribution in [2.75, 3.05) is 12.4 Å². The summed E-state index contributed by atoms with van der Waals surface area (Å²) in [5.74, 6) is 0.442.